The number of sulfonamides is 1. The molecule has 1 aromatic heterocycles. The van der Waals surface area contributed by atoms with Gasteiger partial charge in [-0.05, 0) is 61.5 Å². The number of ketones is 1. The van der Waals surface area contributed by atoms with Gasteiger partial charge in [-0.3, -0.25) is 14.3 Å². The van der Waals surface area contributed by atoms with Gasteiger partial charge in [-0.2, -0.15) is 0 Å². The van der Waals surface area contributed by atoms with E-state index in [1.165, 1.54) is 35.6 Å². The zero-order valence-electron chi connectivity index (χ0n) is 16.3. The minimum Gasteiger partial charge on any atom is -0.326 e. The van der Waals surface area contributed by atoms with Gasteiger partial charge in [0.05, 0.1) is 9.77 Å². The monoisotopic (exact) mass is 464 g/mol. The normalized spacial score (nSPS) is 11.2. The lowest BCUT2D eigenvalue weighted by molar-refractivity contribution is -0.116. The molecule has 6 nitrogen and oxygen atoms in total. The zero-order chi connectivity index (χ0) is 22.6. The molecule has 0 radical (unpaired) electrons. The molecule has 0 fully saturated rings. The largest absolute Gasteiger partial charge is 0.326 e. The molecule has 3 aromatic rings. The fourth-order valence-electron chi connectivity index (χ4n) is 2.64. The summed E-state index contributed by atoms with van der Waals surface area (Å²) in [6.07, 6.45) is 0.0954. The van der Waals surface area contributed by atoms with Crippen LogP contribution in [0.4, 0.5) is 20.2 Å². The van der Waals surface area contributed by atoms with E-state index in [4.69, 9.17) is 0 Å². The third-order valence-electron chi connectivity index (χ3n) is 4.22. The van der Waals surface area contributed by atoms with Gasteiger partial charge in [-0.1, -0.05) is 0 Å². The van der Waals surface area contributed by atoms with Gasteiger partial charge in [-0.15, -0.1) is 11.3 Å². The van der Waals surface area contributed by atoms with E-state index >= 15 is 0 Å². The average molecular weight is 465 g/mol. The molecule has 162 valence electrons. The van der Waals surface area contributed by atoms with Crippen LogP contribution in [0.25, 0.3) is 0 Å². The number of hydrogen-bond acceptors (Lipinski definition) is 5. The maximum absolute atomic E-state index is 13.3. The summed E-state index contributed by atoms with van der Waals surface area (Å²) in [4.78, 5) is 25.4. The lowest BCUT2D eigenvalue weighted by atomic mass is 10.2. The number of thiophene rings is 1. The molecule has 2 N–H and O–H groups in total. The van der Waals surface area contributed by atoms with Crippen LogP contribution in [-0.2, 0) is 14.8 Å². The highest BCUT2D eigenvalue weighted by atomic mass is 32.2. The van der Waals surface area contributed by atoms with Crippen LogP contribution in [0.2, 0.25) is 0 Å². The van der Waals surface area contributed by atoms with Crippen molar-refractivity contribution in [3.63, 3.8) is 0 Å². The fraction of sp³-hybridized carbons (Fsp3) is 0.143. The van der Waals surface area contributed by atoms with Crippen molar-refractivity contribution < 1.29 is 26.8 Å². The molecule has 0 aliphatic carbocycles. The fourth-order valence-corrected chi connectivity index (χ4v) is 4.54. The molecule has 0 saturated carbocycles. The Hall–Kier alpha value is -3.11. The third-order valence-corrected chi connectivity index (χ3v) is 6.64. The molecule has 0 aliphatic rings. The SMILES string of the molecule is Cc1ccc(C(=O)CCC(=O)Nc2ccc(NS(=O)(=O)c3ccc(F)c(F)c3)cc2)s1. The number of amides is 1. The van der Waals surface area contributed by atoms with Gasteiger partial charge in [0.25, 0.3) is 10.0 Å². The van der Waals surface area contributed by atoms with Crippen LogP contribution < -0.4 is 10.0 Å². The molecule has 1 amide bonds. The quantitative estimate of drug-likeness (QED) is 0.471. The van der Waals surface area contributed by atoms with Crippen LogP contribution in [0.15, 0.2) is 59.5 Å². The minimum atomic E-state index is -4.11. The summed E-state index contributed by atoms with van der Waals surface area (Å²) in [6, 6.07) is 11.6. The summed E-state index contributed by atoms with van der Waals surface area (Å²) in [5.41, 5.74) is 0.589. The standard InChI is InChI=1S/C21H18F2N2O4S2/c1-13-2-10-20(30-13)19(26)9-11-21(27)24-14-3-5-15(6-4-14)25-31(28,29)16-7-8-17(22)18(23)12-16/h2-8,10,12,25H,9,11H2,1H3,(H,24,27). The van der Waals surface area contributed by atoms with E-state index in [2.05, 4.69) is 10.0 Å². The maximum atomic E-state index is 13.3. The number of rotatable bonds is 8. The third kappa shape index (κ3) is 5.96. The minimum absolute atomic E-state index is 0.0142. The van der Waals surface area contributed by atoms with Crippen LogP contribution >= 0.6 is 11.3 Å². The maximum Gasteiger partial charge on any atom is 0.261 e. The lowest BCUT2D eigenvalue weighted by Gasteiger charge is -2.10. The molecule has 10 heteroatoms. The van der Waals surface area contributed by atoms with E-state index in [-0.39, 0.29) is 30.2 Å². The van der Waals surface area contributed by atoms with E-state index in [0.29, 0.717) is 16.6 Å². The summed E-state index contributed by atoms with van der Waals surface area (Å²) in [7, 11) is -4.11. The number of anilines is 2. The molecule has 0 bridgehead atoms. The van der Waals surface area contributed by atoms with Gasteiger partial charge in [0.2, 0.25) is 5.91 Å². The smallest absolute Gasteiger partial charge is 0.261 e. The van der Waals surface area contributed by atoms with Crippen LogP contribution in [0, 0.1) is 18.6 Å². The van der Waals surface area contributed by atoms with Gasteiger partial charge in [0, 0.05) is 29.1 Å². The second kappa shape index (κ2) is 9.36. The molecule has 3 rings (SSSR count). The van der Waals surface area contributed by atoms with Crippen LogP contribution in [-0.4, -0.2) is 20.1 Å². The van der Waals surface area contributed by atoms with Crippen molar-refractivity contribution in [2.75, 3.05) is 10.0 Å². The first-order valence-electron chi connectivity index (χ1n) is 9.11. The Morgan fingerprint density at radius 1 is 0.903 bits per heavy atom. The number of carbonyl (C=O) groups excluding carboxylic acids is 2. The Morgan fingerprint density at radius 3 is 2.19 bits per heavy atom. The molecular formula is C21H18F2N2O4S2. The van der Waals surface area contributed by atoms with Crippen LogP contribution in [0.3, 0.4) is 0 Å². The first kappa shape index (κ1) is 22.6. The van der Waals surface area contributed by atoms with Crippen LogP contribution in [0.1, 0.15) is 27.4 Å². The van der Waals surface area contributed by atoms with Crippen molar-refractivity contribution >= 4 is 44.4 Å². The summed E-state index contributed by atoms with van der Waals surface area (Å²) in [5, 5.41) is 2.63. The van der Waals surface area contributed by atoms with Gasteiger partial charge < -0.3 is 5.32 Å². The molecule has 0 spiro atoms. The number of hydrogen-bond donors (Lipinski definition) is 2. The van der Waals surface area contributed by atoms with Crippen molar-refractivity contribution in [1.29, 1.82) is 0 Å². The van der Waals surface area contributed by atoms with Gasteiger partial charge in [-0.25, -0.2) is 17.2 Å². The second-order valence-corrected chi connectivity index (χ2v) is 9.61. The van der Waals surface area contributed by atoms with E-state index < -0.39 is 26.6 Å². The first-order chi connectivity index (χ1) is 14.6. The van der Waals surface area contributed by atoms with Gasteiger partial charge in [0.15, 0.2) is 17.4 Å². The van der Waals surface area contributed by atoms with Crippen LogP contribution in [0.5, 0.6) is 0 Å². The Bertz CT molecular complexity index is 1220. The number of benzene rings is 2. The lowest BCUT2D eigenvalue weighted by Crippen LogP contribution is -2.14. The summed E-state index contributed by atoms with van der Waals surface area (Å²) < 4.78 is 53.1. The highest BCUT2D eigenvalue weighted by Crippen LogP contribution is 2.21. The molecule has 2 aromatic carbocycles. The predicted molar refractivity (Wildman–Crippen MR) is 115 cm³/mol. The van der Waals surface area contributed by atoms with E-state index in [0.717, 1.165) is 17.0 Å². The average Bonchev–Trinajstić information content (AvgIpc) is 3.16. The molecule has 0 atom stereocenters. The molecule has 0 unspecified atom stereocenters. The molecule has 0 saturated heterocycles. The Morgan fingerprint density at radius 2 is 1.58 bits per heavy atom. The number of aryl methyl sites for hydroxylation is 1. The van der Waals surface area contributed by atoms with Gasteiger partial charge >= 0.3 is 0 Å². The molecule has 0 aliphatic heterocycles. The number of halogens is 2. The Labute approximate surface area is 182 Å². The highest BCUT2D eigenvalue weighted by Gasteiger charge is 2.17. The second-order valence-electron chi connectivity index (χ2n) is 6.64. The van der Waals surface area contributed by atoms with E-state index in [1.807, 2.05) is 13.0 Å². The molecule has 1 heterocycles. The Kier molecular flexibility index (Phi) is 6.81. The van der Waals surface area contributed by atoms with Crippen molar-refractivity contribution in [3.05, 3.63) is 76.0 Å². The van der Waals surface area contributed by atoms with Crippen molar-refractivity contribution in [1.82, 2.24) is 0 Å². The predicted octanol–water partition coefficient (Wildman–Crippen LogP) is 4.74. The summed E-state index contributed by atoms with van der Waals surface area (Å²) in [5.74, 6) is -2.87. The van der Waals surface area contributed by atoms with E-state index in [9.17, 15) is 26.8 Å². The summed E-state index contributed by atoms with van der Waals surface area (Å²) in [6.45, 7) is 1.90. The van der Waals surface area contributed by atoms with Crippen molar-refractivity contribution in [2.24, 2.45) is 0 Å². The van der Waals surface area contributed by atoms with Crippen molar-refractivity contribution in [3.8, 4) is 0 Å². The topological polar surface area (TPSA) is 92.3 Å². The molecule has 31 heavy (non-hydrogen) atoms. The highest BCUT2D eigenvalue weighted by molar-refractivity contribution is 7.92. The summed E-state index contributed by atoms with van der Waals surface area (Å²) >= 11 is 1.38. The zero-order valence-corrected chi connectivity index (χ0v) is 17.9. The number of carbonyl (C=O) groups is 2. The first-order valence-corrected chi connectivity index (χ1v) is 11.4. The number of nitrogens with one attached hydrogen (secondary N) is 2. The Balaban J connectivity index is 1.56. The van der Waals surface area contributed by atoms with Gasteiger partial charge in [0.1, 0.15) is 0 Å². The van der Waals surface area contributed by atoms with E-state index in [1.54, 1.807) is 6.07 Å². The van der Waals surface area contributed by atoms with Crippen molar-refractivity contribution in [2.45, 2.75) is 24.7 Å². The molecular weight excluding hydrogens is 446 g/mol. The number of Topliss-reactive ketones (excluding diaryl/α,β-unsaturated/α-hetero) is 1.